The van der Waals surface area contributed by atoms with E-state index in [1.54, 1.807) is 0 Å². The SMILES string of the molecule is CC[C@]12CC[C@H](CC[C@H]1OC(C)=O)C2. The van der Waals surface area contributed by atoms with Crippen molar-refractivity contribution in [3.05, 3.63) is 0 Å². The summed E-state index contributed by atoms with van der Waals surface area (Å²) >= 11 is 0. The fourth-order valence-corrected chi connectivity index (χ4v) is 3.44. The molecule has 0 heterocycles. The van der Waals surface area contributed by atoms with Gasteiger partial charge in [0.2, 0.25) is 0 Å². The minimum absolute atomic E-state index is 0.104. The summed E-state index contributed by atoms with van der Waals surface area (Å²) in [5, 5.41) is 0. The fourth-order valence-electron chi connectivity index (χ4n) is 3.44. The summed E-state index contributed by atoms with van der Waals surface area (Å²) in [4.78, 5) is 11.0. The number of rotatable bonds is 2. The number of ether oxygens (including phenoxy) is 1. The van der Waals surface area contributed by atoms with Crippen molar-refractivity contribution in [1.82, 2.24) is 0 Å². The number of carbonyl (C=O) groups is 1. The highest BCUT2D eigenvalue weighted by molar-refractivity contribution is 5.66. The van der Waals surface area contributed by atoms with Crippen LogP contribution in [0.5, 0.6) is 0 Å². The monoisotopic (exact) mass is 196 g/mol. The van der Waals surface area contributed by atoms with Gasteiger partial charge in [0.15, 0.2) is 0 Å². The van der Waals surface area contributed by atoms with Gasteiger partial charge < -0.3 is 4.74 Å². The Morgan fingerprint density at radius 2 is 2.21 bits per heavy atom. The molecule has 2 fully saturated rings. The van der Waals surface area contributed by atoms with Crippen LogP contribution in [0.2, 0.25) is 0 Å². The van der Waals surface area contributed by atoms with Gasteiger partial charge in [0, 0.05) is 12.3 Å². The van der Waals surface area contributed by atoms with Crippen LogP contribution in [0.25, 0.3) is 0 Å². The Morgan fingerprint density at radius 3 is 2.86 bits per heavy atom. The Hall–Kier alpha value is -0.530. The van der Waals surface area contributed by atoms with Gasteiger partial charge in [-0.3, -0.25) is 4.79 Å². The zero-order valence-electron chi connectivity index (χ0n) is 9.21. The van der Waals surface area contributed by atoms with Crippen LogP contribution < -0.4 is 0 Å². The number of hydrogen-bond donors (Lipinski definition) is 0. The van der Waals surface area contributed by atoms with Crippen molar-refractivity contribution in [2.24, 2.45) is 11.3 Å². The van der Waals surface area contributed by atoms with Crippen molar-refractivity contribution >= 4 is 5.97 Å². The predicted octanol–water partition coefficient (Wildman–Crippen LogP) is 2.91. The normalized spacial score (nSPS) is 41.0. The molecule has 80 valence electrons. The van der Waals surface area contributed by atoms with Crippen molar-refractivity contribution < 1.29 is 9.53 Å². The first-order chi connectivity index (χ1) is 6.66. The summed E-state index contributed by atoms with van der Waals surface area (Å²) in [6.07, 6.45) is 7.65. The van der Waals surface area contributed by atoms with Gasteiger partial charge in [0.1, 0.15) is 6.10 Å². The lowest BCUT2D eigenvalue weighted by Crippen LogP contribution is -2.38. The van der Waals surface area contributed by atoms with E-state index >= 15 is 0 Å². The third-order valence-electron chi connectivity index (χ3n) is 4.28. The van der Waals surface area contributed by atoms with E-state index in [9.17, 15) is 4.79 Å². The highest BCUT2D eigenvalue weighted by Crippen LogP contribution is 2.54. The van der Waals surface area contributed by atoms with Gasteiger partial charge in [0.05, 0.1) is 0 Å². The molecule has 2 rings (SSSR count). The van der Waals surface area contributed by atoms with Crippen LogP contribution in [-0.4, -0.2) is 12.1 Å². The predicted molar refractivity (Wildman–Crippen MR) is 54.9 cm³/mol. The van der Waals surface area contributed by atoms with Crippen molar-refractivity contribution in [3.63, 3.8) is 0 Å². The summed E-state index contributed by atoms with van der Waals surface area (Å²) in [5.74, 6) is 0.815. The van der Waals surface area contributed by atoms with Crippen LogP contribution in [0.15, 0.2) is 0 Å². The molecule has 2 aliphatic rings. The van der Waals surface area contributed by atoms with E-state index in [2.05, 4.69) is 6.92 Å². The molecule has 0 aromatic heterocycles. The van der Waals surface area contributed by atoms with Crippen LogP contribution in [0.3, 0.4) is 0 Å². The maximum Gasteiger partial charge on any atom is 0.302 e. The van der Waals surface area contributed by atoms with Gasteiger partial charge in [-0.25, -0.2) is 0 Å². The number of esters is 1. The molecule has 2 aliphatic carbocycles. The molecular weight excluding hydrogens is 176 g/mol. The second kappa shape index (κ2) is 3.56. The zero-order chi connectivity index (χ0) is 10.2. The Morgan fingerprint density at radius 1 is 1.43 bits per heavy atom. The molecule has 0 radical (unpaired) electrons. The average Bonchev–Trinajstić information content (AvgIpc) is 2.50. The molecule has 0 aliphatic heterocycles. The Kier molecular flexibility index (Phi) is 2.54. The average molecular weight is 196 g/mol. The van der Waals surface area contributed by atoms with E-state index in [1.807, 2.05) is 0 Å². The van der Waals surface area contributed by atoms with E-state index in [0.717, 1.165) is 12.3 Å². The van der Waals surface area contributed by atoms with Gasteiger partial charge >= 0.3 is 5.97 Å². The summed E-state index contributed by atoms with van der Waals surface area (Å²) in [6.45, 7) is 3.77. The summed E-state index contributed by atoms with van der Waals surface area (Å²) in [7, 11) is 0. The van der Waals surface area contributed by atoms with Gasteiger partial charge in [-0.05, 0) is 44.4 Å². The minimum Gasteiger partial charge on any atom is -0.462 e. The third-order valence-corrected chi connectivity index (χ3v) is 4.28. The molecule has 2 heteroatoms. The number of carbonyl (C=O) groups excluding carboxylic acids is 1. The highest BCUT2D eigenvalue weighted by Gasteiger charge is 2.48. The fraction of sp³-hybridized carbons (Fsp3) is 0.917. The molecule has 2 nitrogen and oxygen atoms in total. The standard InChI is InChI=1S/C12H20O2/c1-3-12-7-6-10(8-12)4-5-11(12)14-9(2)13/h10-11H,3-8H2,1-2H3/t10-,11+,12+/m0/s1. The molecule has 0 amide bonds. The molecule has 14 heavy (non-hydrogen) atoms. The molecule has 0 aromatic rings. The molecule has 2 saturated carbocycles. The van der Waals surface area contributed by atoms with E-state index in [0.29, 0.717) is 5.41 Å². The summed E-state index contributed by atoms with van der Waals surface area (Å²) < 4.78 is 5.48. The largest absolute Gasteiger partial charge is 0.462 e. The zero-order valence-corrected chi connectivity index (χ0v) is 9.21. The van der Waals surface area contributed by atoms with Gasteiger partial charge in [-0.1, -0.05) is 6.92 Å². The van der Waals surface area contributed by atoms with Gasteiger partial charge in [-0.15, -0.1) is 0 Å². The number of hydrogen-bond acceptors (Lipinski definition) is 2. The van der Waals surface area contributed by atoms with Crippen molar-refractivity contribution in [3.8, 4) is 0 Å². The molecule has 0 spiro atoms. The van der Waals surface area contributed by atoms with Crippen molar-refractivity contribution in [2.45, 2.75) is 58.5 Å². The van der Waals surface area contributed by atoms with Crippen LogP contribution >= 0.6 is 0 Å². The molecule has 0 saturated heterocycles. The summed E-state index contributed by atoms with van der Waals surface area (Å²) in [5.41, 5.74) is 0.342. The van der Waals surface area contributed by atoms with E-state index < -0.39 is 0 Å². The topological polar surface area (TPSA) is 26.3 Å². The van der Waals surface area contributed by atoms with Crippen molar-refractivity contribution in [1.29, 1.82) is 0 Å². The van der Waals surface area contributed by atoms with Gasteiger partial charge in [0.25, 0.3) is 0 Å². The molecule has 3 atom stereocenters. The van der Waals surface area contributed by atoms with E-state index in [-0.39, 0.29) is 12.1 Å². The van der Waals surface area contributed by atoms with Crippen LogP contribution in [0, 0.1) is 11.3 Å². The smallest absolute Gasteiger partial charge is 0.302 e. The Bertz CT molecular complexity index is 236. The number of fused-ring (bicyclic) bond motifs is 2. The maximum absolute atomic E-state index is 11.0. The van der Waals surface area contributed by atoms with Crippen molar-refractivity contribution in [2.75, 3.05) is 0 Å². The minimum atomic E-state index is -0.104. The second-order valence-corrected chi connectivity index (χ2v) is 5.00. The molecule has 2 bridgehead atoms. The third kappa shape index (κ3) is 1.55. The van der Waals surface area contributed by atoms with Crippen LogP contribution in [-0.2, 0) is 9.53 Å². The first-order valence-corrected chi connectivity index (χ1v) is 5.83. The lowest BCUT2D eigenvalue weighted by Gasteiger charge is -2.39. The highest BCUT2D eigenvalue weighted by atomic mass is 16.5. The molecular formula is C12H20O2. The molecule has 0 unspecified atom stereocenters. The molecule has 0 aromatic carbocycles. The van der Waals surface area contributed by atoms with Crippen LogP contribution in [0.1, 0.15) is 52.4 Å². The lowest BCUT2D eigenvalue weighted by atomic mass is 9.71. The first-order valence-electron chi connectivity index (χ1n) is 5.83. The molecule has 0 N–H and O–H groups in total. The maximum atomic E-state index is 11.0. The Balaban J connectivity index is 2.11. The van der Waals surface area contributed by atoms with Crippen LogP contribution in [0.4, 0.5) is 0 Å². The second-order valence-electron chi connectivity index (χ2n) is 5.00. The van der Waals surface area contributed by atoms with Gasteiger partial charge in [-0.2, -0.15) is 0 Å². The quantitative estimate of drug-likeness (QED) is 0.635. The van der Waals surface area contributed by atoms with E-state index in [4.69, 9.17) is 4.74 Å². The summed E-state index contributed by atoms with van der Waals surface area (Å²) in [6, 6.07) is 0. The Labute approximate surface area is 86.0 Å². The lowest BCUT2D eigenvalue weighted by molar-refractivity contribution is -0.156. The van der Waals surface area contributed by atoms with E-state index in [1.165, 1.54) is 39.0 Å². The first kappa shape index (κ1) is 10.0.